The Bertz CT molecular complexity index is 1000. The number of benzene rings is 2. The molecule has 6 nitrogen and oxygen atoms in total. The van der Waals surface area contributed by atoms with Gasteiger partial charge in [-0.15, -0.1) is 0 Å². The summed E-state index contributed by atoms with van der Waals surface area (Å²) in [5.74, 6) is 0. The molecule has 1 aromatic heterocycles. The average molecular weight is 462 g/mol. The van der Waals surface area contributed by atoms with Gasteiger partial charge in [0, 0.05) is 94.3 Å². The highest BCUT2D eigenvalue weighted by atomic mass is 16.5. The summed E-state index contributed by atoms with van der Waals surface area (Å²) >= 11 is 0. The van der Waals surface area contributed by atoms with E-state index in [-0.39, 0.29) is 0 Å². The second-order valence-corrected chi connectivity index (χ2v) is 9.71. The SMILES string of the molecule is COCCN1CCN(CCNC2CCN(c3cccc(-c4cc5ccccc5[nH]4)c3)CC2)CC1. The summed E-state index contributed by atoms with van der Waals surface area (Å²) in [7, 11) is 1.79. The molecule has 0 spiro atoms. The minimum atomic E-state index is 0.635. The fraction of sp³-hybridized carbons (Fsp3) is 0.500. The maximum absolute atomic E-state index is 5.21. The van der Waals surface area contributed by atoms with Gasteiger partial charge in [-0.1, -0.05) is 30.3 Å². The van der Waals surface area contributed by atoms with Crippen LogP contribution in [0.1, 0.15) is 12.8 Å². The quantitative estimate of drug-likeness (QED) is 0.509. The van der Waals surface area contributed by atoms with Crippen molar-refractivity contribution in [1.29, 1.82) is 0 Å². The van der Waals surface area contributed by atoms with Gasteiger partial charge in [-0.3, -0.25) is 9.80 Å². The molecule has 2 aromatic carbocycles. The zero-order chi connectivity index (χ0) is 23.2. The van der Waals surface area contributed by atoms with E-state index in [2.05, 4.69) is 79.6 Å². The van der Waals surface area contributed by atoms with Gasteiger partial charge in [0.15, 0.2) is 0 Å². The topological polar surface area (TPSA) is 46.8 Å². The molecule has 0 amide bonds. The molecule has 0 atom stereocenters. The van der Waals surface area contributed by atoms with Crippen molar-refractivity contribution in [3.8, 4) is 11.3 Å². The maximum Gasteiger partial charge on any atom is 0.0589 e. The highest BCUT2D eigenvalue weighted by Gasteiger charge is 2.21. The van der Waals surface area contributed by atoms with Crippen molar-refractivity contribution in [1.82, 2.24) is 20.1 Å². The van der Waals surface area contributed by atoms with Crippen LogP contribution >= 0.6 is 0 Å². The number of piperidine rings is 1. The monoisotopic (exact) mass is 461 g/mol. The number of H-pyrrole nitrogens is 1. The zero-order valence-electron chi connectivity index (χ0n) is 20.5. The lowest BCUT2D eigenvalue weighted by Gasteiger charge is -2.36. The van der Waals surface area contributed by atoms with Crippen molar-refractivity contribution in [2.45, 2.75) is 18.9 Å². The molecule has 0 radical (unpaired) electrons. The van der Waals surface area contributed by atoms with Crippen LogP contribution in [0.5, 0.6) is 0 Å². The summed E-state index contributed by atoms with van der Waals surface area (Å²) < 4.78 is 5.21. The summed E-state index contributed by atoms with van der Waals surface area (Å²) in [4.78, 5) is 11.2. The van der Waals surface area contributed by atoms with E-state index in [1.807, 2.05) is 0 Å². The lowest BCUT2D eigenvalue weighted by atomic mass is 10.0. The lowest BCUT2D eigenvalue weighted by molar-refractivity contribution is 0.0968. The maximum atomic E-state index is 5.21. The number of ether oxygens (including phenoxy) is 1. The number of aromatic amines is 1. The Labute approximate surface area is 203 Å². The molecule has 3 aromatic rings. The normalized spacial score (nSPS) is 18.7. The van der Waals surface area contributed by atoms with Crippen molar-refractivity contribution in [3.63, 3.8) is 0 Å². The fourth-order valence-corrected chi connectivity index (χ4v) is 5.32. The van der Waals surface area contributed by atoms with Crippen LogP contribution in [0.15, 0.2) is 54.6 Å². The molecule has 2 N–H and O–H groups in total. The lowest BCUT2D eigenvalue weighted by Crippen LogP contribution is -2.50. The van der Waals surface area contributed by atoms with E-state index in [4.69, 9.17) is 4.74 Å². The Morgan fingerprint density at radius 3 is 2.41 bits per heavy atom. The number of para-hydroxylation sites is 1. The molecule has 0 aliphatic carbocycles. The van der Waals surface area contributed by atoms with Crippen LogP contribution < -0.4 is 10.2 Å². The van der Waals surface area contributed by atoms with Crippen LogP contribution in [0.3, 0.4) is 0 Å². The number of anilines is 1. The van der Waals surface area contributed by atoms with Crippen molar-refractivity contribution in [3.05, 3.63) is 54.6 Å². The van der Waals surface area contributed by atoms with Crippen LogP contribution in [0.2, 0.25) is 0 Å². The molecule has 182 valence electrons. The Balaban J connectivity index is 1.06. The summed E-state index contributed by atoms with van der Waals surface area (Å²) in [6.45, 7) is 11.1. The fourth-order valence-electron chi connectivity index (χ4n) is 5.32. The highest BCUT2D eigenvalue weighted by Crippen LogP contribution is 2.28. The number of piperazine rings is 1. The minimum Gasteiger partial charge on any atom is -0.383 e. The molecule has 34 heavy (non-hydrogen) atoms. The number of fused-ring (bicyclic) bond motifs is 1. The Morgan fingerprint density at radius 2 is 1.65 bits per heavy atom. The summed E-state index contributed by atoms with van der Waals surface area (Å²) in [6, 6.07) is 20.4. The molecular weight excluding hydrogens is 422 g/mol. The standard InChI is InChI=1S/C28H39N5O/c1-34-20-19-32-17-15-31(16-18-32)14-11-29-25-9-12-33(13-10-25)26-7-4-6-23(21-26)28-22-24-5-2-3-8-27(24)30-28/h2-8,21-22,25,29-30H,9-20H2,1H3. The molecular formula is C28H39N5O. The number of methoxy groups -OCH3 is 1. The predicted molar refractivity (Wildman–Crippen MR) is 142 cm³/mol. The molecule has 3 heterocycles. The molecule has 0 saturated carbocycles. The first-order valence-corrected chi connectivity index (χ1v) is 12.9. The molecule has 0 unspecified atom stereocenters. The van der Waals surface area contributed by atoms with E-state index in [0.717, 1.165) is 39.3 Å². The van der Waals surface area contributed by atoms with Gasteiger partial charge >= 0.3 is 0 Å². The zero-order valence-corrected chi connectivity index (χ0v) is 20.5. The molecule has 5 rings (SSSR count). The average Bonchev–Trinajstić information content (AvgIpc) is 3.33. The summed E-state index contributed by atoms with van der Waals surface area (Å²) in [6.07, 6.45) is 2.42. The van der Waals surface area contributed by atoms with E-state index in [0.29, 0.717) is 6.04 Å². The van der Waals surface area contributed by atoms with Crippen LogP contribution in [0.25, 0.3) is 22.2 Å². The van der Waals surface area contributed by atoms with Gasteiger partial charge in [-0.25, -0.2) is 0 Å². The molecule has 2 aliphatic heterocycles. The van der Waals surface area contributed by atoms with E-state index in [1.54, 1.807) is 7.11 Å². The van der Waals surface area contributed by atoms with E-state index < -0.39 is 0 Å². The van der Waals surface area contributed by atoms with Gasteiger partial charge in [-0.2, -0.15) is 0 Å². The molecule has 2 fully saturated rings. The number of hydrogen-bond donors (Lipinski definition) is 2. The van der Waals surface area contributed by atoms with Crippen LogP contribution in [0, 0.1) is 0 Å². The van der Waals surface area contributed by atoms with Gasteiger partial charge in [0.1, 0.15) is 0 Å². The van der Waals surface area contributed by atoms with Gasteiger partial charge in [0.05, 0.1) is 6.61 Å². The first-order chi connectivity index (χ1) is 16.8. The Morgan fingerprint density at radius 1 is 0.882 bits per heavy atom. The third-order valence-electron chi connectivity index (χ3n) is 7.48. The van der Waals surface area contributed by atoms with Crippen molar-refractivity contribution in [2.75, 3.05) is 77.5 Å². The molecule has 6 heteroatoms. The molecule has 2 aliphatic rings. The predicted octanol–water partition coefficient (Wildman–Crippen LogP) is 3.66. The number of aromatic nitrogens is 1. The molecule has 0 bridgehead atoms. The van der Waals surface area contributed by atoms with Crippen LogP contribution in [0.4, 0.5) is 5.69 Å². The first kappa shape index (κ1) is 23.4. The van der Waals surface area contributed by atoms with Crippen LogP contribution in [-0.2, 0) is 4.74 Å². The third kappa shape index (κ3) is 5.81. The number of nitrogens with zero attached hydrogens (tertiary/aromatic N) is 3. The second kappa shape index (κ2) is 11.4. The van der Waals surface area contributed by atoms with Gasteiger partial charge in [0.25, 0.3) is 0 Å². The van der Waals surface area contributed by atoms with Crippen molar-refractivity contribution in [2.24, 2.45) is 0 Å². The van der Waals surface area contributed by atoms with E-state index in [1.165, 1.54) is 66.9 Å². The number of hydrogen-bond acceptors (Lipinski definition) is 5. The number of rotatable bonds is 9. The Hall–Kier alpha value is -2.38. The van der Waals surface area contributed by atoms with E-state index >= 15 is 0 Å². The van der Waals surface area contributed by atoms with E-state index in [9.17, 15) is 0 Å². The van der Waals surface area contributed by atoms with Gasteiger partial charge < -0.3 is 19.9 Å². The van der Waals surface area contributed by atoms with Crippen molar-refractivity contribution < 1.29 is 4.74 Å². The third-order valence-corrected chi connectivity index (χ3v) is 7.48. The molecule has 2 saturated heterocycles. The summed E-state index contributed by atoms with van der Waals surface area (Å²) in [5.41, 5.74) is 4.99. The first-order valence-electron chi connectivity index (χ1n) is 12.9. The highest BCUT2D eigenvalue weighted by molar-refractivity contribution is 5.86. The second-order valence-electron chi connectivity index (χ2n) is 9.71. The summed E-state index contributed by atoms with van der Waals surface area (Å²) in [5, 5.41) is 5.10. The minimum absolute atomic E-state index is 0.635. The van der Waals surface area contributed by atoms with Gasteiger partial charge in [-0.05, 0) is 42.7 Å². The Kier molecular flexibility index (Phi) is 7.81. The smallest absolute Gasteiger partial charge is 0.0589 e. The number of nitrogens with one attached hydrogen (secondary N) is 2. The van der Waals surface area contributed by atoms with Crippen molar-refractivity contribution >= 4 is 16.6 Å². The van der Waals surface area contributed by atoms with Crippen LogP contribution in [-0.4, -0.2) is 93.4 Å². The largest absolute Gasteiger partial charge is 0.383 e. The van der Waals surface area contributed by atoms with Gasteiger partial charge in [0.2, 0.25) is 0 Å².